The Labute approximate surface area is 281 Å². The number of ketones is 1. The van der Waals surface area contributed by atoms with Gasteiger partial charge in [0.25, 0.3) is 17.6 Å². The minimum absolute atomic E-state index is 0.104. The fourth-order valence-corrected chi connectivity index (χ4v) is 6.92. The summed E-state index contributed by atoms with van der Waals surface area (Å²) in [6.07, 6.45) is 2.84. The van der Waals surface area contributed by atoms with E-state index in [1.807, 2.05) is 25.1 Å². The number of nitrogens with one attached hydrogen (secondary N) is 5. The van der Waals surface area contributed by atoms with Crippen molar-refractivity contribution in [2.75, 3.05) is 62.6 Å². The first-order valence-electron chi connectivity index (χ1n) is 15.6. The number of hydrogen-bond donors (Lipinski definition) is 6. The Balaban J connectivity index is 1.21. The monoisotopic (exact) mass is 682 g/mol. The van der Waals surface area contributed by atoms with Crippen LogP contribution in [0, 0.1) is 0 Å². The summed E-state index contributed by atoms with van der Waals surface area (Å²) in [6, 6.07) is 13.1. The molecule has 1 aliphatic heterocycles. The van der Waals surface area contributed by atoms with Gasteiger partial charge < -0.3 is 41.8 Å². The highest BCUT2D eigenvalue weighted by atomic mass is 33.1. The molecule has 6 amide bonds. The van der Waals surface area contributed by atoms with Crippen LogP contribution < -0.4 is 27.0 Å². The number of carbonyl (C=O) groups excluding carboxylic acids is 5. The zero-order valence-corrected chi connectivity index (χ0v) is 28.0. The lowest BCUT2D eigenvalue weighted by molar-refractivity contribution is -0.130. The number of benzene rings is 2. The number of amides is 6. The van der Waals surface area contributed by atoms with Crippen molar-refractivity contribution in [2.45, 2.75) is 25.8 Å². The number of H-pyrrole nitrogens is 1. The Morgan fingerprint density at radius 1 is 0.872 bits per heavy atom. The second kappa shape index (κ2) is 18.2. The van der Waals surface area contributed by atoms with Crippen LogP contribution >= 0.6 is 21.6 Å². The van der Waals surface area contributed by atoms with E-state index >= 15 is 0 Å². The van der Waals surface area contributed by atoms with Crippen LogP contribution in [0.15, 0.2) is 54.7 Å². The SMILES string of the molecule is C[C@@H]1CN(C(=O)c2ccccc2)CCN1C(=O)C(=O)c1c[nH]c2c(NC(=O)NCCCCNC(=O)NCCSSCCN)cccc12. The molecule has 0 radical (unpaired) electrons. The van der Waals surface area contributed by atoms with Crippen LogP contribution in [0.5, 0.6) is 0 Å². The maximum Gasteiger partial charge on any atom is 0.319 e. The van der Waals surface area contributed by atoms with Crippen LogP contribution in [0.25, 0.3) is 10.9 Å². The number of carbonyl (C=O) groups is 5. The molecule has 0 saturated carbocycles. The van der Waals surface area contributed by atoms with Gasteiger partial charge in [-0.2, -0.15) is 0 Å². The molecule has 13 nitrogen and oxygen atoms in total. The molecule has 0 bridgehead atoms. The Kier molecular flexibility index (Phi) is 13.8. The Morgan fingerprint density at radius 3 is 2.30 bits per heavy atom. The van der Waals surface area contributed by atoms with Gasteiger partial charge in [0, 0.05) is 80.5 Å². The first-order chi connectivity index (χ1) is 22.8. The van der Waals surface area contributed by atoms with Gasteiger partial charge in [-0.1, -0.05) is 51.9 Å². The summed E-state index contributed by atoms with van der Waals surface area (Å²) in [5, 5.41) is 11.7. The van der Waals surface area contributed by atoms with Crippen molar-refractivity contribution in [1.29, 1.82) is 0 Å². The third kappa shape index (κ3) is 10.1. The highest BCUT2D eigenvalue weighted by Gasteiger charge is 2.34. The van der Waals surface area contributed by atoms with E-state index in [2.05, 4.69) is 26.3 Å². The smallest absolute Gasteiger partial charge is 0.319 e. The number of rotatable bonds is 15. The number of nitrogens with zero attached hydrogens (tertiary/aromatic N) is 2. The highest BCUT2D eigenvalue weighted by molar-refractivity contribution is 8.76. The third-order valence-corrected chi connectivity index (χ3v) is 9.97. The number of para-hydroxylation sites is 1. The number of aromatic nitrogens is 1. The Hall–Kier alpha value is -4.21. The van der Waals surface area contributed by atoms with Crippen LogP contribution in [-0.4, -0.2) is 108 Å². The second-order valence-corrected chi connectivity index (χ2v) is 13.6. The maximum absolute atomic E-state index is 13.4. The normalized spacial score (nSPS) is 14.5. The molecule has 1 aromatic heterocycles. The molecule has 1 aliphatic rings. The van der Waals surface area contributed by atoms with Crippen LogP contribution in [0.2, 0.25) is 0 Å². The quantitative estimate of drug-likeness (QED) is 0.0611. The van der Waals surface area contributed by atoms with Crippen LogP contribution in [-0.2, 0) is 4.79 Å². The largest absolute Gasteiger partial charge is 0.359 e. The summed E-state index contributed by atoms with van der Waals surface area (Å²) in [7, 11) is 3.36. The topological polar surface area (TPSA) is 182 Å². The van der Waals surface area contributed by atoms with Gasteiger partial charge in [-0.15, -0.1) is 0 Å². The summed E-state index contributed by atoms with van der Waals surface area (Å²) in [6.45, 7) is 4.83. The number of unbranched alkanes of at least 4 members (excludes halogenated alkanes) is 1. The Morgan fingerprint density at radius 2 is 1.57 bits per heavy atom. The van der Waals surface area contributed by atoms with E-state index in [0.717, 1.165) is 11.5 Å². The van der Waals surface area contributed by atoms with Crippen LogP contribution in [0.3, 0.4) is 0 Å². The molecular weight excluding hydrogens is 641 g/mol. The van der Waals surface area contributed by atoms with Gasteiger partial charge in [0.2, 0.25) is 0 Å². The Bertz CT molecular complexity index is 1540. The molecule has 7 N–H and O–H groups in total. The van der Waals surface area contributed by atoms with Gasteiger partial charge in [-0.05, 0) is 38.0 Å². The molecule has 15 heteroatoms. The van der Waals surface area contributed by atoms with E-state index in [0.29, 0.717) is 74.3 Å². The molecule has 252 valence electrons. The molecule has 1 atom stereocenters. The molecule has 2 heterocycles. The number of nitrogens with two attached hydrogens (primary N) is 1. The zero-order chi connectivity index (χ0) is 33.6. The van der Waals surface area contributed by atoms with E-state index in [1.54, 1.807) is 56.8 Å². The number of anilines is 1. The van der Waals surface area contributed by atoms with Crippen LogP contribution in [0.4, 0.5) is 15.3 Å². The summed E-state index contributed by atoms with van der Waals surface area (Å²) in [5.41, 5.74) is 7.23. The minimum Gasteiger partial charge on any atom is -0.359 e. The van der Waals surface area contributed by atoms with E-state index < -0.39 is 17.7 Å². The van der Waals surface area contributed by atoms with Gasteiger partial charge >= 0.3 is 12.1 Å². The van der Waals surface area contributed by atoms with Crippen molar-refractivity contribution in [2.24, 2.45) is 5.73 Å². The lowest BCUT2D eigenvalue weighted by Gasteiger charge is -2.39. The van der Waals surface area contributed by atoms with E-state index in [1.165, 1.54) is 11.1 Å². The molecule has 1 saturated heterocycles. The van der Waals surface area contributed by atoms with Crippen molar-refractivity contribution < 1.29 is 24.0 Å². The van der Waals surface area contributed by atoms with Crippen molar-refractivity contribution in [1.82, 2.24) is 30.7 Å². The average Bonchev–Trinajstić information content (AvgIpc) is 3.52. The highest BCUT2D eigenvalue weighted by Crippen LogP contribution is 2.27. The summed E-state index contributed by atoms with van der Waals surface area (Å²) >= 11 is 0. The number of piperazine rings is 1. The maximum atomic E-state index is 13.4. The first-order valence-corrected chi connectivity index (χ1v) is 18.1. The number of urea groups is 2. The predicted octanol–water partition coefficient (Wildman–Crippen LogP) is 3.26. The summed E-state index contributed by atoms with van der Waals surface area (Å²) in [4.78, 5) is 70.3. The van der Waals surface area contributed by atoms with Gasteiger partial charge in [0.1, 0.15) is 0 Å². The van der Waals surface area contributed by atoms with E-state index in [9.17, 15) is 24.0 Å². The van der Waals surface area contributed by atoms with Gasteiger partial charge in [0.15, 0.2) is 0 Å². The fourth-order valence-electron chi connectivity index (χ4n) is 5.15. The number of hydrogen-bond acceptors (Lipinski definition) is 8. The first kappa shape index (κ1) is 35.6. The van der Waals surface area contributed by atoms with Crippen LogP contribution in [0.1, 0.15) is 40.5 Å². The molecule has 47 heavy (non-hydrogen) atoms. The fraction of sp³-hybridized carbons (Fsp3) is 0.406. The summed E-state index contributed by atoms with van der Waals surface area (Å²) < 4.78 is 0. The molecular formula is C32H42N8O5S2. The van der Waals surface area contributed by atoms with Crippen molar-refractivity contribution in [3.05, 3.63) is 65.9 Å². The van der Waals surface area contributed by atoms with Gasteiger partial charge in [-0.25, -0.2) is 9.59 Å². The molecule has 0 spiro atoms. The standard InChI is InChI=1S/C32H42N8O5S2/c1-22-21-39(29(42)23-8-3-2-4-9-23)16-17-40(22)30(43)28(41)25-20-37-27-24(25)10-7-11-26(27)38-32(45)35-14-6-5-13-34-31(44)36-15-19-47-46-18-12-33/h2-4,7-11,20,22,37H,5-6,12-19,21,33H2,1H3,(H2,34,36,44)(H2,35,38,45)/t22-/m1/s1. The van der Waals surface area contributed by atoms with E-state index in [4.69, 9.17) is 5.73 Å². The predicted molar refractivity (Wildman–Crippen MR) is 188 cm³/mol. The zero-order valence-electron chi connectivity index (χ0n) is 26.4. The molecule has 4 rings (SSSR count). The number of aromatic amines is 1. The number of fused-ring (bicyclic) bond motifs is 1. The van der Waals surface area contributed by atoms with Crippen molar-refractivity contribution in [3.63, 3.8) is 0 Å². The molecule has 0 aliphatic carbocycles. The summed E-state index contributed by atoms with van der Waals surface area (Å²) in [5.74, 6) is 0.294. The average molecular weight is 683 g/mol. The lowest BCUT2D eigenvalue weighted by Crippen LogP contribution is -2.56. The van der Waals surface area contributed by atoms with Crippen molar-refractivity contribution in [3.8, 4) is 0 Å². The van der Waals surface area contributed by atoms with Gasteiger partial charge in [-0.3, -0.25) is 14.4 Å². The van der Waals surface area contributed by atoms with Crippen molar-refractivity contribution >= 4 is 67.8 Å². The molecule has 0 unspecified atom stereocenters. The third-order valence-electron chi connectivity index (χ3n) is 7.53. The lowest BCUT2D eigenvalue weighted by atomic mass is 10.1. The number of Topliss-reactive ketones (excluding diaryl/α,β-unsaturated/α-hetero) is 1. The molecule has 1 fully saturated rings. The molecule has 2 aromatic carbocycles. The minimum atomic E-state index is -0.657. The van der Waals surface area contributed by atoms with E-state index in [-0.39, 0.29) is 30.1 Å². The van der Waals surface area contributed by atoms with Gasteiger partial charge in [0.05, 0.1) is 16.8 Å². The molecule has 3 aromatic rings. The second-order valence-electron chi connectivity index (χ2n) is 10.9.